The minimum absolute atomic E-state index is 0.0873. The monoisotopic (exact) mass is 253 g/mol. The van der Waals surface area contributed by atoms with Gasteiger partial charge >= 0.3 is 0 Å². The lowest BCUT2D eigenvalue weighted by molar-refractivity contribution is -0.136. The van der Waals surface area contributed by atoms with Crippen molar-refractivity contribution in [3.63, 3.8) is 0 Å². The van der Waals surface area contributed by atoms with Gasteiger partial charge in [-0.1, -0.05) is 12.7 Å². The van der Waals surface area contributed by atoms with Gasteiger partial charge in [0, 0.05) is 6.42 Å². The van der Waals surface area contributed by atoms with Crippen molar-refractivity contribution in [3.8, 4) is 0 Å². The van der Waals surface area contributed by atoms with Crippen LogP contribution in [0.15, 0.2) is 24.5 Å². The Hall–Kier alpha value is -1.33. The van der Waals surface area contributed by atoms with Gasteiger partial charge in [0.25, 0.3) is 0 Å². The molecule has 1 amide bonds. The van der Waals surface area contributed by atoms with Crippen molar-refractivity contribution in [2.24, 2.45) is 0 Å². The van der Waals surface area contributed by atoms with Crippen LogP contribution < -0.4 is 0 Å². The van der Waals surface area contributed by atoms with Crippen LogP contribution in [-0.2, 0) is 19.0 Å². The van der Waals surface area contributed by atoms with Gasteiger partial charge in [0.2, 0.25) is 5.91 Å². The molecule has 0 radical (unpaired) electrons. The van der Waals surface area contributed by atoms with Crippen molar-refractivity contribution < 1.29 is 19.0 Å². The van der Waals surface area contributed by atoms with Crippen LogP contribution in [0.25, 0.3) is 0 Å². The molecule has 0 saturated carbocycles. The van der Waals surface area contributed by atoms with E-state index < -0.39 is 0 Å². The average Bonchev–Trinajstić information content (AvgIpc) is 2.71. The summed E-state index contributed by atoms with van der Waals surface area (Å²) in [5.74, 6) is 0.721. The van der Waals surface area contributed by atoms with Crippen LogP contribution in [0, 0.1) is 0 Å². The molecule has 5 heteroatoms. The fraction of sp³-hybridized carbons (Fsp3) is 0.615. The highest BCUT2D eigenvalue weighted by Gasteiger charge is 2.31. The molecule has 1 atom stereocenters. The second-order valence-electron chi connectivity index (χ2n) is 4.35. The van der Waals surface area contributed by atoms with E-state index in [4.69, 9.17) is 14.2 Å². The molecule has 0 aromatic rings. The number of carbonyl (C=O) groups excluding carboxylic acids is 1. The zero-order valence-corrected chi connectivity index (χ0v) is 10.5. The Morgan fingerprint density at radius 2 is 2.17 bits per heavy atom. The van der Waals surface area contributed by atoms with Crippen LogP contribution in [-0.4, -0.2) is 50.0 Å². The van der Waals surface area contributed by atoms with E-state index in [2.05, 4.69) is 6.58 Å². The summed E-state index contributed by atoms with van der Waals surface area (Å²) in [7, 11) is 0. The molecule has 1 unspecified atom stereocenters. The lowest BCUT2D eigenvalue weighted by atomic mass is 10.2. The quantitative estimate of drug-likeness (QED) is 0.648. The number of nitrogens with zero attached hydrogens (tertiary/aromatic N) is 1. The molecule has 18 heavy (non-hydrogen) atoms. The second-order valence-corrected chi connectivity index (χ2v) is 4.35. The third kappa shape index (κ3) is 3.58. The Bertz CT molecular complexity index is 340. The fourth-order valence-corrected chi connectivity index (χ4v) is 2.01. The number of amides is 1. The summed E-state index contributed by atoms with van der Waals surface area (Å²) in [6, 6.07) is 0.0873. The van der Waals surface area contributed by atoms with Crippen LogP contribution in [0.5, 0.6) is 0 Å². The van der Waals surface area contributed by atoms with Gasteiger partial charge in [0.05, 0.1) is 25.9 Å². The number of rotatable bonds is 0. The molecular weight excluding hydrogens is 234 g/mol. The summed E-state index contributed by atoms with van der Waals surface area (Å²) < 4.78 is 16.3. The van der Waals surface area contributed by atoms with Crippen LogP contribution in [0.1, 0.15) is 12.8 Å². The summed E-state index contributed by atoms with van der Waals surface area (Å²) in [6.45, 7) is 6.11. The standard InChI is InChI=1S/C13H19NO4/c1-11-3-2-6-16-7-8-17-10-14-12(9-18-11)4-5-13(14)15/h2-3,12H,1,4-10H2/b3-2+. The van der Waals surface area contributed by atoms with E-state index in [1.54, 1.807) is 11.0 Å². The number of hydrogen-bond acceptors (Lipinski definition) is 4. The third-order valence-electron chi connectivity index (χ3n) is 3.03. The molecule has 2 heterocycles. The van der Waals surface area contributed by atoms with Crippen molar-refractivity contribution in [3.05, 3.63) is 24.5 Å². The van der Waals surface area contributed by atoms with Crippen molar-refractivity contribution in [2.45, 2.75) is 18.9 Å². The van der Waals surface area contributed by atoms with Crippen molar-refractivity contribution in [1.29, 1.82) is 0 Å². The van der Waals surface area contributed by atoms with Gasteiger partial charge in [-0.2, -0.15) is 0 Å². The SMILES string of the molecule is C=C1/C=C/COCCOCN2C(=O)CCC2CO1. The van der Waals surface area contributed by atoms with E-state index in [-0.39, 0.29) is 11.9 Å². The number of ether oxygens (including phenoxy) is 3. The molecule has 1 saturated heterocycles. The Morgan fingerprint density at radius 3 is 3.06 bits per heavy atom. The summed E-state index contributed by atoms with van der Waals surface area (Å²) in [4.78, 5) is 13.4. The summed E-state index contributed by atoms with van der Waals surface area (Å²) in [5, 5.41) is 0. The molecule has 0 aromatic heterocycles. The van der Waals surface area contributed by atoms with Gasteiger partial charge in [0.15, 0.2) is 0 Å². The Kier molecular flexibility index (Phi) is 4.78. The number of allylic oxidation sites excluding steroid dienone is 1. The molecule has 100 valence electrons. The molecule has 2 rings (SSSR count). The molecule has 2 aliphatic heterocycles. The Labute approximate surface area is 107 Å². The van der Waals surface area contributed by atoms with Gasteiger partial charge in [-0.05, 0) is 12.5 Å². The van der Waals surface area contributed by atoms with E-state index in [9.17, 15) is 4.79 Å². The molecule has 0 aromatic carbocycles. The van der Waals surface area contributed by atoms with E-state index in [0.29, 0.717) is 45.3 Å². The second kappa shape index (κ2) is 6.56. The zero-order chi connectivity index (χ0) is 12.8. The first-order valence-electron chi connectivity index (χ1n) is 6.20. The normalized spacial score (nSPS) is 28.7. The van der Waals surface area contributed by atoms with Crippen LogP contribution >= 0.6 is 0 Å². The van der Waals surface area contributed by atoms with Crippen LogP contribution in [0.3, 0.4) is 0 Å². The highest BCUT2D eigenvalue weighted by molar-refractivity contribution is 5.78. The smallest absolute Gasteiger partial charge is 0.224 e. The largest absolute Gasteiger partial charge is 0.492 e. The first-order chi connectivity index (χ1) is 8.77. The van der Waals surface area contributed by atoms with E-state index in [1.807, 2.05) is 6.08 Å². The molecule has 0 spiro atoms. The lowest BCUT2D eigenvalue weighted by Gasteiger charge is -2.24. The number of hydrogen-bond donors (Lipinski definition) is 0. The Balaban J connectivity index is 1.95. The molecule has 0 bridgehead atoms. The lowest BCUT2D eigenvalue weighted by Crippen LogP contribution is -2.38. The third-order valence-corrected chi connectivity index (χ3v) is 3.03. The highest BCUT2D eigenvalue weighted by atomic mass is 16.5. The van der Waals surface area contributed by atoms with Gasteiger partial charge < -0.3 is 19.1 Å². The number of carbonyl (C=O) groups is 1. The topological polar surface area (TPSA) is 48.0 Å². The highest BCUT2D eigenvalue weighted by Crippen LogP contribution is 2.19. The Morgan fingerprint density at radius 1 is 1.33 bits per heavy atom. The maximum atomic E-state index is 11.7. The maximum Gasteiger partial charge on any atom is 0.224 e. The maximum absolute atomic E-state index is 11.7. The zero-order valence-electron chi connectivity index (χ0n) is 10.5. The first-order valence-corrected chi connectivity index (χ1v) is 6.20. The van der Waals surface area contributed by atoms with E-state index >= 15 is 0 Å². The summed E-state index contributed by atoms with van der Waals surface area (Å²) in [6.07, 6.45) is 5.03. The van der Waals surface area contributed by atoms with Crippen molar-refractivity contribution in [1.82, 2.24) is 4.90 Å². The predicted octanol–water partition coefficient (Wildman–Crippen LogP) is 1.07. The molecule has 0 N–H and O–H groups in total. The number of fused-ring (bicyclic) bond motifs is 1. The molecule has 5 nitrogen and oxygen atoms in total. The minimum Gasteiger partial charge on any atom is -0.492 e. The summed E-state index contributed by atoms with van der Waals surface area (Å²) in [5.41, 5.74) is 0. The van der Waals surface area contributed by atoms with Gasteiger partial charge in [0.1, 0.15) is 19.1 Å². The van der Waals surface area contributed by atoms with Gasteiger partial charge in [-0.15, -0.1) is 0 Å². The molecule has 2 aliphatic rings. The van der Waals surface area contributed by atoms with Crippen molar-refractivity contribution in [2.75, 3.05) is 33.2 Å². The van der Waals surface area contributed by atoms with Gasteiger partial charge in [-0.25, -0.2) is 0 Å². The average molecular weight is 253 g/mol. The molecular formula is C13H19NO4. The molecule has 0 aliphatic carbocycles. The first kappa shape index (κ1) is 13.1. The summed E-state index contributed by atoms with van der Waals surface area (Å²) >= 11 is 0. The van der Waals surface area contributed by atoms with E-state index in [0.717, 1.165) is 6.42 Å². The fourth-order valence-electron chi connectivity index (χ4n) is 2.01. The van der Waals surface area contributed by atoms with Gasteiger partial charge in [-0.3, -0.25) is 4.79 Å². The van der Waals surface area contributed by atoms with Crippen LogP contribution in [0.2, 0.25) is 0 Å². The minimum atomic E-state index is 0.0873. The van der Waals surface area contributed by atoms with Crippen molar-refractivity contribution >= 4 is 5.91 Å². The van der Waals surface area contributed by atoms with E-state index in [1.165, 1.54) is 0 Å². The van der Waals surface area contributed by atoms with Crippen LogP contribution in [0.4, 0.5) is 0 Å². The molecule has 1 fully saturated rings. The predicted molar refractivity (Wildman–Crippen MR) is 65.7 cm³/mol.